The number of hydrogen-bond acceptors (Lipinski definition) is 3. The van der Waals surface area contributed by atoms with Gasteiger partial charge in [-0.2, -0.15) is 0 Å². The fraction of sp³-hybridized carbons (Fsp3) is 0.429. The van der Waals surface area contributed by atoms with Crippen molar-refractivity contribution >= 4 is 33.5 Å². The van der Waals surface area contributed by atoms with Crippen LogP contribution < -0.4 is 5.56 Å². The molecule has 5 heteroatoms. The fourth-order valence-electron chi connectivity index (χ4n) is 2.47. The first-order valence-corrected chi connectivity index (χ1v) is 7.54. The van der Waals surface area contributed by atoms with Gasteiger partial charge in [0.1, 0.15) is 0 Å². The summed E-state index contributed by atoms with van der Waals surface area (Å²) in [5, 5.41) is 0.710. The molecule has 0 bridgehead atoms. The molecule has 0 amide bonds. The van der Waals surface area contributed by atoms with E-state index in [2.05, 4.69) is 27.6 Å². The average Bonchev–Trinajstić information content (AvgIpc) is 2.44. The third kappa shape index (κ3) is 2.81. The summed E-state index contributed by atoms with van der Waals surface area (Å²) in [5.41, 5.74) is 0.837. The third-order valence-corrected chi connectivity index (χ3v) is 4.25. The largest absolute Gasteiger partial charge is 0.381 e. The van der Waals surface area contributed by atoms with Gasteiger partial charge in [-0.25, -0.2) is 4.98 Å². The topological polar surface area (TPSA) is 44.1 Å². The number of nitrogens with zero attached hydrogens (tertiary/aromatic N) is 2. The van der Waals surface area contributed by atoms with E-state index in [0.29, 0.717) is 11.3 Å². The minimum Gasteiger partial charge on any atom is -0.381 e. The second-order valence-corrected chi connectivity index (χ2v) is 6.16. The highest BCUT2D eigenvalue weighted by Crippen LogP contribution is 2.17. The van der Waals surface area contributed by atoms with Crippen LogP contribution in [-0.4, -0.2) is 22.8 Å². The maximum absolute atomic E-state index is 12.4. The molecule has 19 heavy (non-hydrogen) atoms. The molecule has 3 rings (SSSR count). The van der Waals surface area contributed by atoms with Gasteiger partial charge in [-0.05, 0) is 59.5 Å². The van der Waals surface area contributed by atoms with Crippen molar-refractivity contribution < 1.29 is 4.74 Å². The molecule has 0 unspecified atom stereocenters. The van der Waals surface area contributed by atoms with E-state index >= 15 is 0 Å². The lowest BCUT2D eigenvalue weighted by molar-refractivity contribution is 0.0609. The monoisotopic (exact) mass is 370 g/mol. The highest BCUT2D eigenvalue weighted by atomic mass is 127. The van der Waals surface area contributed by atoms with Crippen LogP contribution in [0.3, 0.4) is 0 Å². The van der Waals surface area contributed by atoms with E-state index in [1.54, 1.807) is 10.9 Å². The second-order valence-electron chi connectivity index (χ2n) is 4.92. The lowest BCUT2D eigenvalue weighted by atomic mass is 10.0. The Balaban J connectivity index is 1.95. The Hall–Kier alpha value is -0.950. The van der Waals surface area contributed by atoms with Crippen molar-refractivity contribution in [3.63, 3.8) is 0 Å². The third-order valence-electron chi connectivity index (χ3n) is 3.58. The first-order chi connectivity index (χ1) is 9.24. The Bertz CT molecular complexity index is 647. The molecule has 0 aliphatic carbocycles. The van der Waals surface area contributed by atoms with Crippen LogP contribution in [0.5, 0.6) is 0 Å². The van der Waals surface area contributed by atoms with Gasteiger partial charge in [-0.1, -0.05) is 0 Å². The highest BCUT2D eigenvalue weighted by Gasteiger charge is 2.15. The predicted molar refractivity (Wildman–Crippen MR) is 82.3 cm³/mol. The fourth-order valence-corrected chi connectivity index (χ4v) is 2.96. The Morgan fingerprint density at radius 2 is 2.16 bits per heavy atom. The van der Waals surface area contributed by atoms with Gasteiger partial charge < -0.3 is 4.74 Å². The van der Waals surface area contributed by atoms with Gasteiger partial charge in [-0.15, -0.1) is 0 Å². The summed E-state index contributed by atoms with van der Waals surface area (Å²) in [6, 6.07) is 5.78. The summed E-state index contributed by atoms with van der Waals surface area (Å²) in [7, 11) is 0. The maximum atomic E-state index is 12.4. The molecule has 1 aliphatic heterocycles. The van der Waals surface area contributed by atoms with Crippen LogP contribution in [-0.2, 0) is 11.3 Å². The van der Waals surface area contributed by atoms with Crippen LogP contribution in [0.25, 0.3) is 10.9 Å². The first-order valence-electron chi connectivity index (χ1n) is 6.46. The van der Waals surface area contributed by atoms with Crippen LogP contribution in [0, 0.1) is 9.49 Å². The standard InChI is InChI=1S/C14H15IN2O2/c15-11-1-2-13-12(7-11)14(18)17(9-16-13)8-10-3-5-19-6-4-10/h1-2,7,9-10H,3-6,8H2. The average molecular weight is 370 g/mol. The Morgan fingerprint density at radius 3 is 2.95 bits per heavy atom. The Morgan fingerprint density at radius 1 is 1.37 bits per heavy atom. The van der Waals surface area contributed by atoms with Crippen LogP contribution in [0.4, 0.5) is 0 Å². The van der Waals surface area contributed by atoms with E-state index in [0.717, 1.165) is 41.7 Å². The van der Waals surface area contributed by atoms with E-state index in [1.807, 2.05) is 18.2 Å². The van der Waals surface area contributed by atoms with Crippen LogP contribution in [0.1, 0.15) is 12.8 Å². The number of rotatable bonds is 2. The number of hydrogen-bond donors (Lipinski definition) is 0. The zero-order chi connectivity index (χ0) is 13.2. The van der Waals surface area contributed by atoms with Gasteiger partial charge in [0.25, 0.3) is 5.56 Å². The van der Waals surface area contributed by atoms with Crippen molar-refractivity contribution in [2.24, 2.45) is 5.92 Å². The first kappa shape index (κ1) is 13.1. The molecule has 1 fully saturated rings. The molecule has 1 aromatic carbocycles. The molecule has 0 saturated carbocycles. The van der Waals surface area contributed by atoms with Crippen LogP contribution in [0.15, 0.2) is 29.3 Å². The Kier molecular flexibility index (Phi) is 3.83. The molecule has 1 aromatic heterocycles. The summed E-state index contributed by atoms with van der Waals surface area (Å²) in [5.74, 6) is 0.522. The summed E-state index contributed by atoms with van der Waals surface area (Å²) in [4.78, 5) is 16.8. The minimum absolute atomic E-state index is 0.0648. The number of ether oxygens (including phenoxy) is 1. The molecule has 1 saturated heterocycles. The molecule has 100 valence electrons. The van der Waals surface area contributed by atoms with Crippen molar-refractivity contribution in [2.45, 2.75) is 19.4 Å². The summed E-state index contributed by atoms with van der Waals surface area (Å²) in [6.45, 7) is 2.35. The van der Waals surface area contributed by atoms with E-state index in [1.165, 1.54) is 0 Å². The molecule has 2 aromatic rings. The van der Waals surface area contributed by atoms with E-state index in [4.69, 9.17) is 4.74 Å². The van der Waals surface area contributed by atoms with Crippen LogP contribution in [0.2, 0.25) is 0 Å². The molecular formula is C14H15IN2O2. The van der Waals surface area contributed by atoms with E-state index < -0.39 is 0 Å². The van der Waals surface area contributed by atoms with Crippen molar-refractivity contribution in [2.75, 3.05) is 13.2 Å². The smallest absolute Gasteiger partial charge is 0.261 e. The molecule has 2 heterocycles. The minimum atomic E-state index is 0.0648. The predicted octanol–water partition coefficient (Wildman–Crippen LogP) is 2.43. The number of fused-ring (bicyclic) bond motifs is 1. The SMILES string of the molecule is O=c1c2cc(I)ccc2ncn1CC1CCOCC1. The van der Waals surface area contributed by atoms with Crippen molar-refractivity contribution in [1.82, 2.24) is 9.55 Å². The molecule has 0 radical (unpaired) electrons. The zero-order valence-electron chi connectivity index (χ0n) is 10.5. The van der Waals surface area contributed by atoms with Gasteiger partial charge in [0.05, 0.1) is 17.2 Å². The van der Waals surface area contributed by atoms with Crippen molar-refractivity contribution in [1.29, 1.82) is 0 Å². The number of benzene rings is 1. The lowest BCUT2D eigenvalue weighted by Gasteiger charge is -2.22. The number of halogens is 1. The highest BCUT2D eigenvalue weighted by molar-refractivity contribution is 14.1. The molecule has 0 N–H and O–H groups in total. The lowest BCUT2D eigenvalue weighted by Crippen LogP contribution is -2.27. The van der Waals surface area contributed by atoms with Gasteiger partial charge >= 0.3 is 0 Å². The molecular weight excluding hydrogens is 355 g/mol. The molecule has 0 spiro atoms. The molecule has 0 atom stereocenters. The van der Waals surface area contributed by atoms with Crippen molar-refractivity contribution in [3.8, 4) is 0 Å². The molecule has 1 aliphatic rings. The van der Waals surface area contributed by atoms with Crippen LogP contribution >= 0.6 is 22.6 Å². The van der Waals surface area contributed by atoms with Gasteiger partial charge in [0.15, 0.2) is 0 Å². The summed E-state index contributed by atoms with van der Waals surface area (Å²) in [6.07, 6.45) is 3.72. The van der Waals surface area contributed by atoms with Gasteiger partial charge in [0.2, 0.25) is 0 Å². The van der Waals surface area contributed by atoms with Gasteiger partial charge in [0, 0.05) is 23.3 Å². The molecule has 4 nitrogen and oxygen atoms in total. The zero-order valence-corrected chi connectivity index (χ0v) is 12.7. The van der Waals surface area contributed by atoms with Gasteiger partial charge in [-0.3, -0.25) is 9.36 Å². The van der Waals surface area contributed by atoms with E-state index in [-0.39, 0.29) is 5.56 Å². The summed E-state index contributed by atoms with van der Waals surface area (Å²) >= 11 is 2.22. The van der Waals surface area contributed by atoms with E-state index in [9.17, 15) is 4.79 Å². The normalized spacial score (nSPS) is 16.9. The summed E-state index contributed by atoms with van der Waals surface area (Å²) < 4.78 is 8.16. The second kappa shape index (κ2) is 5.58. The van der Waals surface area contributed by atoms with Crippen molar-refractivity contribution in [3.05, 3.63) is 38.5 Å². The maximum Gasteiger partial charge on any atom is 0.261 e. The quantitative estimate of drug-likeness (QED) is 0.763. The Labute approximate surface area is 124 Å². The number of aromatic nitrogens is 2.